The van der Waals surface area contributed by atoms with Crippen LogP contribution in [0.4, 0.5) is 5.82 Å². The lowest BCUT2D eigenvalue weighted by atomic mass is 10.2. The minimum Gasteiger partial charge on any atom is -0.378 e. The topological polar surface area (TPSA) is 89.3 Å². The highest BCUT2D eigenvalue weighted by atomic mass is 16.5. The summed E-state index contributed by atoms with van der Waals surface area (Å²) in [6.45, 7) is 5.29. The number of hydrogen-bond donors (Lipinski definition) is 1. The van der Waals surface area contributed by atoms with Crippen LogP contribution >= 0.6 is 0 Å². The number of amides is 1. The molecular weight excluding hydrogens is 322 g/mol. The second kappa shape index (κ2) is 7.89. The molecular formula is C17H21N5O3. The summed E-state index contributed by atoms with van der Waals surface area (Å²) in [4.78, 5) is 30.2. The maximum atomic E-state index is 11.9. The molecule has 8 nitrogen and oxygen atoms in total. The molecule has 1 amide bonds. The molecule has 1 aliphatic rings. The van der Waals surface area contributed by atoms with Crippen LogP contribution in [0.5, 0.6) is 0 Å². The van der Waals surface area contributed by atoms with E-state index in [1.807, 2.05) is 19.1 Å². The highest BCUT2D eigenvalue weighted by Gasteiger charge is 2.13. The molecule has 2 aromatic heterocycles. The van der Waals surface area contributed by atoms with Gasteiger partial charge < -0.3 is 15.0 Å². The molecule has 0 radical (unpaired) electrons. The molecule has 3 heterocycles. The second-order valence-corrected chi connectivity index (χ2v) is 5.67. The third kappa shape index (κ3) is 4.21. The third-order valence-corrected chi connectivity index (χ3v) is 3.91. The Hall–Kier alpha value is -2.74. The van der Waals surface area contributed by atoms with E-state index in [1.165, 1.54) is 6.07 Å². The van der Waals surface area contributed by atoms with Crippen molar-refractivity contribution in [3.05, 3.63) is 40.8 Å². The first kappa shape index (κ1) is 17.1. The van der Waals surface area contributed by atoms with E-state index >= 15 is 0 Å². The van der Waals surface area contributed by atoms with Crippen LogP contribution < -0.4 is 15.8 Å². The predicted octanol–water partition coefficient (Wildman–Crippen LogP) is 0.278. The van der Waals surface area contributed by atoms with Gasteiger partial charge in [-0.15, -0.1) is 0 Å². The van der Waals surface area contributed by atoms with Crippen LogP contribution in [0.15, 0.2) is 35.3 Å². The van der Waals surface area contributed by atoms with Gasteiger partial charge in [0.1, 0.15) is 12.4 Å². The smallest absolute Gasteiger partial charge is 0.267 e. The molecule has 1 fully saturated rings. The summed E-state index contributed by atoms with van der Waals surface area (Å²) in [5.41, 5.74) is 1.08. The standard InChI is InChI=1S/C17H21N5O3/c1-2-18-16(23)12-22-17(24)6-4-14(20-22)13-3-5-15(19-11-13)21-7-9-25-10-8-21/h3-6,11H,2,7-10,12H2,1H3,(H,18,23). The summed E-state index contributed by atoms with van der Waals surface area (Å²) in [7, 11) is 0. The molecule has 1 aliphatic heterocycles. The number of nitrogens with zero attached hydrogens (tertiary/aromatic N) is 4. The molecule has 0 atom stereocenters. The Morgan fingerprint density at radius 3 is 2.72 bits per heavy atom. The van der Waals surface area contributed by atoms with Crippen molar-refractivity contribution in [2.75, 3.05) is 37.7 Å². The summed E-state index contributed by atoms with van der Waals surface area (Å²) in [6.07, 6.45) is 1.73. The number of aromatic nitrogens is 3. The molecule has 25 heavy (non-hydrogen) atoms. The van der Waals surface area contributed by atoms with Crippen LogP contribution in [0.1, 0.15) is 6.92 Å². The van der Waals surface area contributed by atoms with E-state index < -0.39 is 0 Å². The van der Waals surface area contributed by atoms with E-state index in [0.29, 0.717) is 25.5 Å². The zero-order valence-electron chi connectivity index (χ0n) is 14.1. The molecule has 0 spiro atoms. The van der Waals surface area contributed by atoms with E-state index in [9.17, 15) is 9.59 Å². The zero-order valence-corrected chi connectivity index (χ0v) is 14.1. The number of nitrogens with one attached hydrogen (secondary N) is 1. The van der Waals surface area contributed by atoms with Crippen LogP contribution in [0.25, 0.3) is 11.3 Å². The number of likely N-dealkylation sites (N-methyl/N-ethyl adjacent to an activating group) is 1. The lowest BCUT2D eigenvalue weighted by Crippen LogP contribution is -2.36. The van der Waals surface area contributed by atoms with Crippen LogP contribution in [-0.2, 0) is 16.1 Å². The Balaban J connectivity index is 1.79. The van der Waals surface area contributed by atoms with E-state index in [4.69, 9.17) is 4.74 Å². The fourth-order valence-corrected chi connectivity index (χ4v) is 2.62. The lowest BCUT2D eigenvalue weighted by Gasteiger charge is -2.27. The monoisotopic (exact) mass is 343 g/mol. The van der Waals surface area contributed by atoms with Gasteiger partial charge >= 0.3 is 0 Å². The predicted molar refractivity (Wildman–Crippen MR) is 93.4 cm³/mol. The SMILES string of the molecule is CCNC(=O)Cn1nc(-c2ccc(N3CCOCC3)nc2)ccc1=O. The summed E-state index contributed by atoms with van der Waals surface area (Å²) in [5, 5.41) is 6.93. The van der Waals surface area contributed by atoms with Crippen LogP contribution in [-0.4, -0.2) is 53.5 Å². The van der Waals surface area contributed by atoms with Crippen LogP contribution in [0.3, 0.4) is 0 Å². The number of hydrogen-bond acceptors (Lipinski definition) is 6. The molecule has 1 N–H and O–H groups in total. The third-order valence-electron chi connectivity index (χ3n) is 3.91. The Kier molecular flexibility index (Phi) is 5.39. The minimum atomic E-state index is -0.312. The van der Waals surface area contributed by atoms with Gasteiger partial charge in [-0.05, 0) is 25.1 Å². The van der Waals surface area contributed by atoms with Crippen molar-refractivity contribution in [1.29, 1.82) is 0 Å². The van der Waals surface area contributed by atoms with Gasteiger partial charge in [-0.1, -0.05) is 0 Å². The quantitative estimate of drug-likeness (QED) is 0.839. The number of carbonyl (C=O) groups excluding carboxylic acids is 1. The maximum Gasteiger partial charge on any atom is 0.267 e. The molecule has 0 aromatic carbocycles. The first-order chi connectivity index (χ1) is 12.2. The molecule has 0 saturated carbocycles. The number of morpholine rings is 1. The van der Waals surface area contributed by atoms with Gasteiger partial charge in [0.25, 0.3) is 5.56 Å². The Morgan fingerprint density at radius 2 is 2.04 bits per heavy atom. The normalized spacial score (nSPS) is 14.4. The molecule has 3 rings (SSSR count). The van der Waals surface area contributed by atoms with Gasteiger partial charge in [0.05, 0.1) is 18.9 Å². The molecule has 0 aliphatic carbocycles. The number of ether oxygens (including phenoxy) is 1. The minimum absolute atomic E-state index is 0.0974. The molecule has 132 valence electrons. The highest BCUT2D eigenvalue weighted by Crippen LogP contribution is 2.19. The number of pyridine rings is 1. The van der Waals surface area contributed by atoms with Gasteiger partial charge in [0, 0.05) is 37.5 Å². The van der Waals surface area contributed by atoms with Crippen molar-refractivity contribution >= 4 is 11.7 Å². The highest BCUT2D eigenvalue weighted by molar-refractivity contribution is 5.75. The van der Waals surface area contributed by atoms with Crippen molar-refractivity contribution in [3.63, 3.8) is 0 Å². The first-order valence-electron chi connectivity index (χ1n) is 8.31. The number of carbonyl (C=O) groups is 1. The van der Waals surface area contributed by atoms with Crippen LogP contribution in [0, 0.1) is 0 Å². The summed E-state index contributed by atoms with van der Waals surface area (Å²) < 4.78 is 6.51. The van der Waals surface area contributed by atoms with Crippen molar-refractivity contribution in [1.82, 2.24) is 20.1 Å². The average Bonchev–Trinajstić information content (AvgIpc) is 2.65. The molecule has 1 saturated heterocycles. The Labute approximate surface area is 145 Å². The van der Waals surface area contributed by atoms with E-state index in [-0.39, 0.29) is 18.0 Å². The van der Waals surface area contributed by atoms with Crippen molar-refractivity contribution in [2.45, 2.75) is 13.5 Å². The number of anilines is 1. The van der Waals surface area contributed by atoms with E-state index in [0.717, 1.165) is 29.2 Å². The molecule has 8 heteroatoms. The first-order valence-corrected chi connectivity index (χ1v) is 8.31. The molecule has 2 aromatic rings. The largest absolute Gasteiger partial charge is 0.378 e. The van der Waals surface area contributed by atoms with E-state index in [1.54, 1.807) is 12.3 Å². The Bertz CT molecular complexity index is 782. The van der Waals surface area contributed by atoms with Gasteiger partial charge in [-0.2, -0.15) is 5.10 Å². The second-order valence-electron chi connectivity index (χ2n) is 5.67. The summed E-state index contributed by atoms with van der Waals surface area (Å²) in [6, 6.07) is 6.90. The average molecular weight is 343 g/mol. The Morgan fingerprint density at radius 1 is 1.24 bits per heavy atom. The summed E-state index contributed by atoms with van der Waals surface area (Å²) in [5.74, 6) is 0.651. The molecule has 0 bridgehead atoms. The number of rotatable bonds is 5. The fraction of sp³-hybridized carbons (Fsp3) is 0.412. The lowest BCUT2D eigenvalue weighted by molar-refractivity contribution is -0.121. The van der Waals surface area contributed by atoms with Gasteiger partial charge in [-0.3, -0.25) is 9.59 Å². The fourth-order valence-electron chi connectivity index (χ4n) is 2.62. The molecule has 0 unspecified atom stereocenters. The van der Waals surface area contributed by atoms with Crippen molar-refractivity contribution in [3.8, 4) is 11.3 Å². The summed E-state index contributed by atoms with van der Waals surface area (Å²) >= 11 is 0. The van der Waals surface area contributed by atoms with Crippen molar-refractivity contribution in [2.24, 2.45) is 0 Å². The zero-order chi connectivity index (χ0) is 17.6. The van der Waals surface area contributed by atoms with Gasteiger partial charge in [0.15, 0.2) is 0 Å². The van der Waals surface area contributed by atoms with Crippen LogP contribution in [0.2, 0.25) is 0 Å². The van der Waals surface area contributed by atoms with Gasteiger partial charge in [0.2, 0.25) is 5.91 Å². The van der Waals surface area contributed by atoms with E-state index in [2.05, 4.69) is 20.3 Å². The van der Waals surface area contributed by atoms with Gasteiger partial charge in [-0.25, -0.2) is 9.67 Å². The maximum absolute atomic E-state index is 11.9. The van der Waals surface area contributed by atoms with Crippen molar-refractivity contribution < 1.29 is 9.53 Å².